The molecule has 1 aliphatic heterocycles. The Morgan fingerprint density at radius 1 is 0.867 bits per heavy atom. The number of para-hydroxylation sites is 1. The third-order valence-electron chi connectivity index (χ3n) is 5.66. The molecule has 1 aliphatic rings. The lowest BCUT2D eigenvalue weighted by Crippen LogP contribution is -2.59. The van der Waals surface area contributed by atoms with Crippen LogP contribution in [0.15, 0.2) is 78.9 Å². The van der Waals surface area contributed by atoms with Crippen molar-refractivity contribution < 1.29 is 4.39 Å². The summed E-state index contributed by atoms with van der Waals surface area (Å²) in [6.45, 7) is 1.24. The van der Waals surface area contributed by atoms with Gasteiger partial charge in [0.15, 0.2) is 0 Å². The number of halogens is 1. The maximum atomic E-state index is 13.3. The fraction of sp³-hybridized carbons (Fsp3) is 0.167. The van der Waals surface area contributed by atoms with Crippen molar-refractivity contribution in [1.82, 2.24) is 4.90 Å². The smallest absolute Gasteiger partial charge is 0.137 e. The maximum Gasteiger partial charge on any atom is 0.137 e. The van der Waals surface area contributed by atoms with Crippen LogP contribution in [0.25, 0.3) is 10.1 Å². The number of nitrogens with two attached hydrogens (primary N) is 2. The number of nitrogens with zero attached hydrogens (tertiary/aromatic N) is 2. The number of thiophene rings is 1. The van der Waals surface area contributed by atoms with Crippen molar-refractivity contribution in [3.05, 3.63) is 101 Å². The van der Waals surface area contributed by atoms with Gasteiger partial charge in [-0.15, -0.1) is 11.3 Å². The number of fused-ring (bicyclic) bond motifs is 2. The predicted octanol–water partition coefficient (Wildman–Crippen LogP) is 4.76. The van der Waals surface area contributed by atoms with Crippen LogP contribution >= 0.6 is 11.3 Å². The summed E-state index contributed by atoms with van der Waals surface area (Å²) in [6.07, 6.45) is -0.731. The van der Waals surface area contributed by atoms with Gasteiger partial charge >= 0.3 is 0 Å². The minimum Gasteiger partial charge on any atom is -0.338 e. The Balaban J connectivity index is 1.50. The number of rotatable bonds is 4. The standard InChI is InChI=1S/C24H23FN4S/c25-18-11-9-16(10-12-18)14-29-23(26)20-6-2-3-7-21(20)28(24(29)27)15-19-13-17-5-1-4-8-22(17)30-19/h1-13,23-24H,14-15,26-27H2. The monoisotopic (exact) mass is 418 g/mol. The summed E-state index contributed by atoms with van der Waals surface area (Å²) in [5.74, 6) is -0.247. The van der Waals surface area contributed by atoms with Gasteiger partial charge in [0.05, 0.1) is 12.7 Å². The number of hydrogen-bond acceptors (Lipinski definition) is 5. The van der Waals surface area contributed by atoms with E-state index < -0.39 is 6.29 Å². The first kappa shape index (κ1) is 19.2. The minimum atomic E-state index is -0.398. The van der Waals surface area contributed by atoms with Gasteiger partial charge in [-0.1, -0.05) is 48.5 Å². The first-order valence-corrected chi connectivity index (χ1v) is 10.8. The van der Waals surface area contributed by atoms with Crippen molar-refractivity contribution in [1.29, 1.82) is 0 Å². The van der Waals surface area contributed by atoms with Crippen molar-refractivity contribution in [3.63, 3.8) is 0 Å². The molecule has 0 aliphatic carbocycles. The second-order valence-electron chi connectivity index (χ2n) is 7.59. The molecule has 0 radical (unpaired) electrons. The molecule has 0 saturated carbocycles. The Morgan fingerprint density at radius 2 is 1.60 bits per heavy atom. The molecule has 4 N–H and O–H groups in total. The van der Waals surface area contributed by atoms with Crippen LogP contribution in [-0.4, -0.2) is 11.2 Å². The summed E-state index contributed by atoms with van der Waals surface area (Å²) in [5.41, 5.74) is 16.5. The summed E-state index contributed by atoms with van der Waals surface area (Å²) in [4.78, 5) is 5.51. The van der Waals surface area contributed by atoms with E-state index in [1.165, 1.54) is 27.1 Å². The van der Waals surface area contributed by atoms with Gasteiger partial charge in [0.25, 0.3) is 0 Å². The van der Waals surface area contributed by atoms with Crippen LogP contribution in [0.5, 0.6) is 0 Å². The van der Waals surface area contributed by atoms with E-state index in [4.69, 9.17) is 11.5 Å². The second kappa shape index (κ2) is 7.81. The zero-order valence-electron chi connectivity index (χ0n) is 16.4. The third kappa shape index (κ3) is 3.48. The molecule has 5 rings (SSSR count). The Hall–Kier alpha value is -2.77. The predicted molar refractivity (Wildman–Crippen MR) is 121 cm³/mol. The van der Waals surface area contributed by atoms with Gasteiger partial charge in [-0.3, -0.25) is 5.73 Å². The summed E-state index contributed by atoms with van der Waals surface area (Å²) >= 11 is 1.79. The van der Waals surface area contributed by atoms with Crippen LogP contribution < -0.4 is 16.4 Å². The minimum absolute atomic E-state index is 0.247. The van der Waals surface area contributed by atoms with Gasteiger partial charge in [-0.05, 0) is 41.3 Å². The van der Waals surface area contributed by atoms with E-state index in [-0.39, 0.29) is 12.0 Å². The van der Waals surface area contributed by atoms with E-state index in [0.29, 0.717) is 13.1 Å². The van der Waals surface area contributed by atoms with E-state index in [1.54, 1.807) is 23.5 Å². The molecule has 0 spiro atoms. The largest absolute Gasteiger partial charge is 0.338 e. The fourth-order valence-corrected chi connectivity index (χ4v) is 5.18. The SMILES string of the molecule is NC1c2ccccc2N(Cc2cc3ccccc3s2)C(N)N1Cc1ccc(F)cc1. The molecule has 2 atom stereocenters. The molecule has 0 amide bonds. The van der Waals surface area contributed by atoms with E-state index in [2.05, 4.69) is 52.3 Å². The van der Waals surface area contributed by atoms with E-state index >= 15 is 0 Å². The Kier molecular flexibility index (Phi) is 5.00. The van der Waals surface area contributed by atoms with Gasteiger partial charge in [0.2, 0.25) is 0 Å². The molecule has 0 fully saturated rings. The van der Waals surface area contributed by atoms with E-state index in [0.717, 1.165) is 16.8 Å². The lowest BCUT2D eigenvalue weighted by molar-refractivity contribution is 0.112. The molecule has 2 unspecified atom stereocenters. The quantitative estimate of drug-likeness (QED) is 0.502. The summed E-state index contributed by atoms with van der Waals surface area (Å²) in [5, 5.41) is 1.25. The molecule has 1 aromatic heterocycles. The molecular formula is C24H23FN4S. The first-order valence-electron chi connectivity index (χ1n) is 9.94. The molecule has 3 aromatic carbocycles. The van der Waals surface area contributed by atoms with Crippen molar-refractivity contribution >= 4 is 27.1 Å². The highest BCUT2D eigenvalue weighted by atomic mass is 32.1. The lowest BCUT2D eigenvalue weighted by Gasteiger charge is -2.47. The van der Waals surface area contributed by atoms with Gasteiger partial charge in [-0.2, -0.15) is 0 Å². The fourth-order valence-electron chi connectivity index (χ4n) is 4.12. The van der Waals surface area contributed by atoms with Crippen LogP contribution in [0.1, 0.15) is 22.2 Å². The molecule has 0 saturated heterocycles. The summed E-state index contributed by atoms with van der Waals surface area (Å²) < 4.78 is 14.6. The van der Waals surface area contributed by atoms with Crippen LogP contribution in [0.2, 0.25) is 0 Å². The molecule has 2 heterocycles. The van der Waals surface area contributed by atoms with Crippen molar-refractivity contribution in [3.8, 4) is 0 Å². The lowest BCUT2D eigenvalue weighted by atomic mass is 10.0. The average Bonchev–Trinajstić information content (AvgIpc) is 3.18. The average molecular weight is 419 g/mol. The Bertz CT molecular complexity index is 1140. The first-order chi connectivity index (χ1) is 14.6. The van der Waals surface area contributed by atoms with Crippen LogP contribution in [-0.2, 0) is 13.1 Å². The Labute approximate surface area is 179 Å². The topological polar surface area (TPSA) is 58.5 Å². The molecule has 152 valence electrons. The molecule has 4 nitrogen and oxygen atoms in total. The molecule has 4 aromatic rings. The van der Waals surface area contributed by atoms with Gasteiger partial charge < -0.3 is 10.6 Å². The molecule has 6 heteroatoms. The number of benzene rings is 3. The summed E-state index contributed by atoms with van der Waals surface area (Å²) in [7, 11) is 0. The molecule has 30 heavy (non-hydrogen) atoms. The van der Waals surface area contributed by atoms with Crippen LogP contribution in [0.3, 0.4) is 0 Å². The maximum absolute atomic E-state index is 13.3. The highest BCUT2D eigenvalue weighted by Crippen LogP contribution is 2.37. The van der Waals surface area contributed by atoms with Crippen molar-refractivity contribution in [2.24, 2.45) is 11.5 Å². The third-order valence-corrected chi connectivity index (χ3v) is 6.76. The number of hydrogen-bond donors (Lipinski definition) is 2. The second-order valence-corrected chi connectivity index (χ2v) is 8.76. The number of anilines is 1. The van der Waals surface area contributed by atoms with Crippen LogP contribution in [0, 0.1) is 5.82 Å². The van der Waals surface area contributed by atoms with Gasteiger partial charge in [0.1, 0.15) is 12.1 Å². The van der Waals surface area contributed by atoms with Crippen LogP contribution in [0.4, 0.5) is 10.1 Å². The van der Waals surface area contributed by atoms with Gasteiger partial charge in [-0.25, -0.2) is 9.29 Å². The normalized spacial score (nSPS) is 19.2. The molecular weight excluding hydrogens is 395 g/mol. The highest BCUT2D eigenvalue weighted by Gasteiger charge is 2.35. The Morgan fingerprint density at radius 3 is 2.40 bits per heavy atom. The van der Waals surface area contributed by atoms with Gasteiger partial charge in [0, 0.05) is 27.4 Å². The highest BCUT2D eigenvalue weighted by molar-refractivity contribution is 7.19. The van der Waals surface area contributed by atoms with E-state index in [9.17, 15) is 4.39 Å². The van der Waals surface area contributed by atoms with Crippen molar-refractivity contribution in [2.45, 2.75) is 25.5 Å². The van der Waals surface area contributed by atoms with Crippen molar-refractivity contribution in [2.75, 3.05) is 4.90 Å². The summed E-state index contributed by atoms with van der Waals surface area (Å²) in [6, 6.07) is 25.3. The zero-order chi connectivity index (χ0) is 20.7. The van der Waals surface area contributed by atoms with E-state index in [1.807, 2.05) is 12.1 Å². The zero-order valence-corrected chi connectivity index (χ0v) is 17.2. The molecule has 0 bridgehead atoms.